The Kier molecular flexibility index (Phi) is 3.76. The van der Waals surface area contributed by atoms with Crippen molar-refractivity contribution >= 4 is 0 Å². The van der Waals surface area contributed by atoms with Gasteiger partial charge in [-0.3, -0.25) is 0 Å². The fraction of sp³-hybridized carbons (Fsp3) is 0.600. The van der Waals surface area contributed by atoms with Gasteiger partial charge in [0, 0.05) is 0 Å². The molecule has 0 nitrogen and oxygen atoms in total. The van der Waals surface area contributed by atoms with Crippen molar-refractivity contribution in [3.05, 3.63) is 10.2 Å². The molecule has 0 N–H and O–H groups in total. The molecule has 0 aliphatic heterocycles. The molecular formula is C5H10Zn. The predicted molar refractivity (Wildman–Crippen MR) is 25.3 cm³/mol. The molecule has 0 amide bonds. The van der Waals surface area contributed by atoms with Gasteiger partial charge in [-0.05, 0) is 0 Å². The third-order valence-electron chi connectivity index (χ3n) is 1.05. The van der Waals surface area contributed by atoms with Gasteiger partial charge in [-0.1, -0.05) is 0 Å². The van der Waals surface area contributed by atoms with Crippen LogP contribution in [0.15, 0.2) is 10.2 Å². The van der Waals surface area contributed by atoms with Gasteiger partial charge in [-0.15, -0.1) is 0 Å². The molecule has 0 aromatic rings. The van der Waals surface area contributed by atoms with Crippen molar-refractivity contribution in [1.29, 1.82) is 0 Å². The van der Waals surface area contributed by atoms with E-state index in [-0.39, 0.29) is 17.1 Å². The summed E-state index contributed by atoms with van der Waals surface area (Å²) in [6.07, 6.45) is 2.22. The summed E-state index contributed by atoms with van der Waals surface area (Å²) >= 11 is -0.148. The van der Waals surface area contributed by atoms with Crippen LogP contribution in [0.2, 0.25) is 5.52 Å². The van der Waals surface area contributed by atoms with Crippen molar-refractivity contribution in [2.24, 2.45) is 0 Å². The van der Waals surface area contributed by atoms with Crippen LogP contribution < -0.4 is 0 Å². The van der Waals surface area contributed by atoms with Crippen molar-refractivity contribution in [2.45, 2.75) is 19.4 Å². The molecule has 0 unspecified atom stereocenters. The summed E-state index contributed by atoms with van der Waals surface area (Å²) in [5, 5.41) is 0. The molecule has 0 spiro atoms. The molecule has 0 bridgehead atoms. The van der Waals surface area contributed by atoms with Crippen molar-refractivity contribution < 1.29 is 17.1 Å². The van der Waals surface area contributed by atoms with Crippen LogP contribution in [0.4, 0.5) is 0 Å². The zero-order valence-electron chi connectivity index (χ0n) is 4.78. The second-order valence-corrected chi connectivity index (χ2v) is 5.31. The summed E-state index contributed by atoms with van der Waals surface area (Å²) < 4.78 is 1.66. The molecule has 0 aliphatic carbocycles. The fourth-order valence-electron chi connectivity index (χ4n) is 0.204. The summed E-state index contributed by atoms with van der Waals surface area (Å²) in [6.45, 7) is 4.34. The average Bonchev–Trinajstić information content (AvgIpc) is 1.65. The molecule has 0 heterocycles. The molecule has 0 atom stereocenters. The van der Waals surface area contributed by atoms with Crippen LogP contribution in [0.3, 0.4) is 0 Å². The topological polar surface area (TPSA) is 0 Å². The van der Waals surface area contributed by atoms with Gasteiger partial charge >= 0.3 is 46.7 Å². The summed E-state index contributed by atoms with van der Waals surface area (Å²) in [7, 11) is 0. The summed E-state index contributed by atoms with van der Waals surface area (Å²) in [5.41, 5.74) is 2.35. The Balaban J connectivity index is 3.22. The Morgan fingerprint density at radius 1 is 1.67 bits per heavy atom. The quantitative estimate of drug-likeness (QED) is 0.483. The monoisotopic (exact) mass is 134 g/mol. The van der Waals surface area contributed by atoms with E-state index in [9.17, 15) is 0 Å². The summed E-state index contributed by atoms with van der Waals surface area (Å²) in [4.78, 5) is 0. The van der Waals surface area contributed by atoms with Crippen LogP contribution in [0, 0.1) is 0 Å². The molecular weight excluding hydrogens is 125 g/mol. The van der Waals surface area contributed by atoms with Crippen molar-refractivity contribution in [2.75, 3.05) is 0 Å². The molecule has 0 aromatic carbocycles. The normalized spacial score (nSPS) is 10.8. The maximum atomic E-state index is 2.35. The van der Waals surface area contributed by atoms with E-state index in [1.54, 1.807) is 4.17 Å². The standard InChI is InChI=1S/C4H7.CH3.Zn/c1-3-4-2;;/h3H,1-2H3;1H3;. The first-order valence-corrected chi connectivity index (χ1v) is 6.88. The van der Waals surface area contributed by atoms with Gasteiger partial charge in [0.2, 0.25) is 0 Å². The molecule has 0 saturated heterocycles. The number of hydrogen-bond donors (Lipinski definition) is 0. The fourth-order valence-corrected chi connectivity index (χ4v) is 1.06. The Bertz CT molecular complexity index is 55.0. The Labute approximate surface area is 47.2 Å². The summed E-state index contributed by atoms with van der Waals surface area (Å²) in [5.74, 6) is 0. The van der Waals surface area contributed by atoms with Crippen LogP contribution in [0.25, 0.3) is 0 Å². The average molecular weight is 136 g/mol. The first-order valence-electron chi connectivity index (χ1n) is 2.43. The first kappa shape index (κ1) is 6.36. The van der Waals surface area contributed by atoms with E-state index in [1.165, 1.54) is 0 Å². The Morgan fingerprint density at radius 2 is 2.17 bits per heavy atom. The van der Waals surface area contributed by atoms with E-state index in [4.69, 9.17) is 0 Å². The summed E-state index contributed by atoms with van der Waals surface area (Å²) in [6, 6.07) is 0. The second-order valence-electron chi connectivity index (χ2n) is 1.49. The van der Waals surface area contributed by atoms with Gasteiger partial charge < -0.3 is 0 Å². The van der Waals surface area contributed by atoms with Crippen LogP contribution in [-0.2, 0) is 17.1 Å². The molecule has 0 fully saturated rings. The van der Waals surface area contributed by atoms with Crippen LogP contribution in [-0.4, -0.2) is 0 Å². The number of hydrogen-bond acceptors (Lipinski definition) is 0. The van der Waals surface area contributed by atoms with Gasteiger partial charge in [0.15, 0.2) is 0 Å². The third-order valence-corrected chi connectivity index (χ3v) is 4.25. The Morgan fingerprint density at radius 3 is 2.17 bits per heavy atom. The first-order chi connectivity index (χ1) is 2.81. The molecule has 1 heteroatoms. The molecule has 0 aliphatic rings. The molecule has 6 heavy (non-hydrogen) atoms. The molecule has 0 radical (unpaired) electrons. The van der Waals surface area contributed by atoms with Crippen molar-refractivity contribution in [3.63, 3.8) is 0 Å². The maximum absolute atomic E-state index is 2.35. The minimum atomic E-state index is -0.148. The van der Waals surface area contributed by atoms with E-state index < -0.39 is 0 Å². The van der Waals surface area contributed by atoms with Crippen LogP contribution >= 0.6 is 0 Å². The van der Waals surface area contributed by atoms with Crippen LogP contribution in [0.1, 0.15) is 13.8 Å². The SMILES string of the molecule is CC=[C](C)[Zn][CH3]. The molecule has 0 rings (SSSR count). The molecule has 32 valence electrons. The zero-order valence-corrected chi connectivity index (χ0v) is 7.75. The van der Waals surface area contributed by atoms with E-state index in [2.05, 4.69) is 25.4 Å². The van der Waals surface area contributed by atoms with Crippen LogP contribution in [0.5, 0.6) is 0 Å². The van der Waals surface area contributed by atoms with E-state index in [0.29, 0.717) is 0 Å². The molecule has 0 aromatic heterocycles. The zero-order chi connectivity index (χ0) is 4.99. The van der Waals surface area contributed by atoms with Crippen molar-refractivity contribution in [3.8, 4) is 0 Å². The van der Waals surface area contributed by atoms with Gasteiger partial charge in [0.25, 0.3) is 0 Å². The van der Waals surface area contributed by atoms with Gasteiger partial charge in [0.05, 0.1) is 0 Å². The third kappa shape index (κ3) is 2.59. The minimum absolute atomic E-state index is 0.148. The van der Waals surface area contributed by atoms with Crippen molar-refractivity contribution in [1.82, 2.24) is 0 Å². The number of rotatable bonds is 1. The predicted octanol–water partition coefficient (Wildman–Crippen LogP) is 2.04. The van der Waals surface area contributed by atoms with E-state index in [1.807, 2.05) is 0 Å². The van der Waals surface area contributed by atoms with Gasteiger partial charge in [-0.25, -0.2) is 0 Å². The number of allylic oxidation sites excluding steroid dienone is 2. The van der Waals surface area contributed by atoms with Gasteiger partial charge in [-0.2, -0.15) is 0 Å². The van der Waals surface area contributed by atoms with Gasteiger partial charge in [0.1, 0.15) is 0 Å². The van der Waals surface area contributed by atoms with E-state index >= 15 is 0 Å². The molecule has 0 saturated carbocycles. The second kappa shape index (κ2) is 3.55. The Hall–Kier alpha value is 0.363. The van der Waals surface area contributed by atoms with E-state index in [0.717, 1.165) is 0 Å².